The summed E-state index contributed by atoms with van der Waals surface area (Å²) in [5, 5.41) is 0. The van der Waals surface area contributed by atoms with Crippen molar-refractivity contribution in [2.75, 3.05) is 6.61 Å². The van der Waals surface area contributed by atoms with Crippen molar-refractivity contribution in [2.45, 2.75) is 52.5 Å². The molecule has 0 aliphatic rings. The fourth-order valence-electron chi connectivity index (χ4n) is 2.29. The van der Waals surface area contributed by atoms with E-state index in [1.54, 1.807) is 6.92 Å². The summed E-state index contributed by atoms with van der Waals surface area (Å²) in [5.41, 5.74) is 13.7. The molecule has 1 rings (SSSR count). The quantitative estimate of drug-likeness (QED) is 0.751. The van der Waals surface area contributed by atoms with Gasteiger partial charge in [-0.3, -0.25) is 4.79 Å². The number of ether oxygens (including phenoxy) is 1. The van der Waals surface area contributed by atoms with Gasteiger partial charge in [0.2, 0.25) is 5.91 Å². The summed E-state index contributed by atoms with van der Waals surface area (Å²) in [6, 6.07) is 4.23. The third-order valence-electron chi connectivity index (χ3n) is 3.50. The fourth-order valence-corrected chi connectivity index (χ4v) is 2.29. The Morgan fingerprint density at radius 3 is 2.25 bits per heavy atom. The van der Waals surface area contributed by atoms with Gasteiger partial charge in [-0.1, -0.05) is 17.7 Å². The van der Waals surface area contributed by atoms with Crippen LogP contribution in [-0.2, 0) is 4.79 Å². The van der Waals surface area contributed by atoms with Gasteiger partial charge in [-0.05, 0) is 58.1 Å². The van der Waals surface area contributed by atoms with Gasteiger partial charge >= 0.3 is 0 Å². The van der Waals surface area contributed by atoms with Crippen LogP contribution < -0.4 is 16.2 Å². The Morgan fingerprint density at radius 2 is 1.75 bits per heavy atom. The second-order valence-electron chi connectivity index (χ2n) is 5.82. The van der Waals surface area contributed by atoms with E-state index in [1.165, 1.54) is 5.56 Å². The van der Waals surface area contributed by atoms with Crippen molar-refractivity contribution >= 4 is 5.91 Å². The molecule has 1 atom stereocenters. The minimum absolute atomic E-state index is 0.455. The van der Waals surface area contributed by atoms with Gasteiger partial charge in [0.25, 0.3) is 0 Å². The van der Waals surface area contributed by atoms with Crippen molar-refractivity contribution in [3.05, 3.63) is 28.8 Å². The summed E-state index contributed by atoms with van der Waals surface area (Å²) < 4.78 is 5.84. The SMILES string of the molecule is Cc1cc(C)c(OCCCCC(C)(N)C(N)=O)c(C)c1. The van der Waals surface area contributed by atoms with Crippen LogP contribution in [0.2, 0.25) is 0 Å². The standard InChI is InChI=1S/C16H26N2O2/c1-11-9-12(2)14(13(3)10-11)20-8-6-5-7-16(4,18)15(17)19/h9-10H,5-8,18H2,1-4H3,(H2,17,19). The Labute approximate surface area is 121 Å². The maximum Gasteiger partial charge on any atom is 0.237 e. The number of benzene rings is 1. The van der Waals surface area contributed by atoms with Crippen LogP contribution in [0, 0.1) is 20.8 Å². The normalized spacial score (nSPS) is 13.8. The van der Waals surface area contributed by atoms with E-state index in [1.807, 2.05) is 0 Å². The predicted molar refractivity (Wildman–Crippen MR) is 81.8 cm³/mol. The second kappa shape index (κ2) is 6.75. The number of amides is 1. The highest BCUT2D eigenvalue weighted by molar-refractivity contribution is 5.83. The molecule has 1 unspecified atom stereocenters. The van der Waals surface area contributed by atoms with E-state index in [0.717, 1.165) is 29.7 Å². The molecule has 0 saturated heterocycles. The number of primary amides is 1. The van der Waals surface area contributed by atoms with Crippen molar-refractivity contribution in [1.29, 1.82) is 0 Å². The van der Waals surface area contributed by atoms with Crippen molar-refractivity contribution in [1.82, 2.24) is 0 Å². The lowest BCUT2D eigenvalue weighted by Gasteiger charge is -2.20. The number of aryl methyl sites for hydroxylation is 3. The molecule has 0 aliphatic carbocycles. The molecule has 0 bridgehead atoms. The lowest BCUT2D eigenvalue weighted by molar-refractivity contribution is -0.122. The summed E-state index contributed by atoms with van der Waals surface area (Å²) in [7, 11) is 0. The fraction of sp³-hybridized carbons (Fsp3) is 0.562. The van der Waals surface area contributed by atoms with E-state index < -0.39 is 11.4 Å². The minimum Gasteiger partial charge on any atom is -0.493 e. The first-order valence-electron chi connectivity index (χ1n) is 7.03. The average Bonchev–Trinajstić information content (AvgIpc) is 2.31. The van der Waals surface area contributed by atoms with Crippen LogP contribution in [-0.4, -0.2) is 18.1 Å². The van der Waals surface area contributed by atoms with Crippen molar-refractivity contribution < 1.29 is 9.53 Å². The number of nitrogens with two attached hydrogens (primary N) is 2. The largest absolute Gasteiger partial charge is 0.493 e. The summed E-state index contributed by atoms with van der Waals surface area (Å²) in [5.74, 6) is 0.504. The first-order valence-corrected chi connectivity index (χ1v) is 7.03. The van der Waals surface area contributed by atoms with Crippen molar-refractivity contribution in [3.8, 4) is 5.75 Å². The van der Waals surface area contributed by atoms with Crippen LogP contribution in [0.4, 0.5) is 0 Å². The molecule has 0 aliphatic heterocycles. The molecule has 1 amide bonds. The van der Waals surface area contributed by atoms with Crippen molar-refractivity contribution in [2.24, 2.45) is 11.5 Å². The van der Waals surface area contributed by atoms with E-state index >= 15 is 0 Å². The highest BCUT2D eigenvalue weighted by Crippen LogP contribution is 2.24. The summed E-state index contributed by atoms with van der Waals surface area (Å²) in [6.45, 7) is 8.48. The second-order valence-corrected chi connectivity index (χ2v) is 5.82. The Bertz CT molecular complexity index is 458. The number of carbonyl (C=O) groups excluding carboxylic acids is 1. The van der Waals surface area contributed by atoms with Crippen LogP contribution in [0.15, 0.2) is 12.1 Å². The van der Waals surface area contributed by atoms with Gasteiger partial charge in [0.15, 0.2) is 0 Å². The molecule has 0 spiro atoms. The van der Waals surface area contributed by atoms with E-state index in [2.05, 4.69) is 32.9 Å². The van der Waals surface area contributed by atoms with Crippen LogP contribution in [0.3, 0.4) is 0 Å². The van der Waals surface area contributed by atoms with Gasteiger partial charge in [-0.2, -0.15) is 0 Å². The van der Waals surface area contributed by atoms with E-state index in [0.29, 0.717) is 13.0 Å². The molecule has 4 nitrogen and oxygen atoms in total. The van der Waals surface area contributed by atoms with Crippen molar-refractivity contribution in [3.63, 3.8) is 0 Å². The first kappa shape index (κ1) is 16.5. The van der Waals surface area contributed by atoms with Crippen LogP contribution in [0.25, 0.3) is 0 Å². The zero-order valence-electron chi connectivity index (χ0n) is 13.0. The monoisotopic (exact) mass is 278 g/mol. The third kappa shape index (κ3) is 4.53. The summed E-state index contributed by atoms with van der Waals surface area (Å²) in [6.07, 6.45) is 2.25. The molecule has 4 N–H and O–H groups in total. The van der Waals surface area contributed by atoms with Gasteiger partial charge in [-0.25, -0.2) is 0 Å². The number of rotatable bonds is 7. The zero-order valence-corrected chi connectivity index (χ0v) is 13.0. The topological polar surface area (TPSA) is 78.3 Å². The summed E-state index contributed by atoms with van der Waals surface area (Å²) >= 11 is 0. The van der Waals surface area contributed by atoms with E-state index in [-0.39, 0.29) is 0 Å². The zero-order chi connectivity index (χ0) is 15.3. The third-order valence-corrected chi connectivity index (χ3v) is 3.50. The Kier molecular flexibility index (Phi) is 5.57. The molecule has 0 saturated carbocycles. The molecule has 1 aromatic rings. The molecular weight excluding hydrogens is 252 g/mol. The highest BCUT2D eigenvalue weighted by Gasteiger charge is 2.24. The molecule has 4 heteroatoms. The lowest BCUT2D eigenvalue weighted by atomic mass is 9.96. The van der Waals surface area contributed by atoms with Crippen LogP contribution in [0.5, 0.6) is 5.75 Å². The Hall–Kier alpha value is -1.55. The molecule has 0 aromatic heterocycles. The maximum absolute atomic E-state index is 11.1. The van der Waals surface area contributed by atoms with Crippen LogP contribution >= 0.6 is 0 Å². The predicted octanol–water partition coefficient (Wildman–Crippen LogP) is 2.36. The molecule has 0 radical (unpaired) electrons. The highest BCUT2D eigenvalue weighted by atomic mass is 16.5. The lowest BCUT2D eigenvalue weighted by Crippen LogP contribution is -2.49. The van der Waals surface area contributed by atoms with E-state index in [4.69, 9.17) is 16.2 Å². The first-order chi connectivity index (χ1) is 9.24. The Balaban J connectivity index is 2.41. The van der Waals surface area contributed by atoms with Gasteiger partial charge in [0.1, 0.15) is 5.75 Å². The molecule has 0 fully saturated rings. The number of hydrogen-bond acceptors (Lipinski definition) is 3. The van der Waals surface area contributed by atoms with Gasteiger partial charge in [-0.15, -0.1) is 0 Å². The van der Waals surface area contributed by atoms with Gasteiger partial charge in [0, 0.05) is 0 Å². The number of carbonyl (C=O) groups is 1. The molecular formula is C16H26N2O2. The number of hydrogen-bond donors (Lipinski definition) is 2. The Morgan fingerprint density at radius 1 is 1.20 bits per heavy atom. The van der Waals surface area contributed by atoms with Gasteiger partial charge in [0.05, 0.1) is 12.1 Å². The molecule has 1 aromatic carbocycles. The smallest absolute Gasteiger partial charge is 0.237 e. The summed E-state index contributed by atoms with van der Waals surface area (Å²) in [4.78, 5) is 11.1. The molecule has 20 heavy (non-hydrogen) atoms. The minimum atomic E-state index is -0.921. The van der Waals surface area contributed by atoms with E-state index in [9.17, 15) is 4.79 Å². The molecule has 112 valence electrons. The average molecular weight is 278 g/mol. The molecule has 0 heterocycles. The van der Waals surface area contributed by atoms with Crippen LogP contribution in [0.1, 0.15) is 42.9 Å². The number of unbranched alkanes of at least 4 members (excludes halogenated alkanes) is 1. The maximum atomic E-state index is 11.1. The van der Waals surface area contributed by atoms with Gasteiger partial charge < -0.3 is 16.2 Å².